The van der Waals surface area contributed by atoms with E-state index in [9.17, 15) is 4.79 Å². The standard InChI is InChI=1S/C18H25BO5/c1-6-21-16(20)22-15(14-10-8-7-9-11-14)12-13-19-23-17(2,3)18(4,5)24-19/h7-13,15H,6H2,1-5H3/b13-12+. The summed E-state index contributed by atoms with van der Waals surface area (Å²) in [5.41, 5.74) is 0.0247. The zero-order valence-corrected chi connectivity index (χ0v) is 14.9. The normalized spacial score (nSPS) is 20.1. The second-order valence-electron chi connectivity index (χ2n) is 6.64. The van der Waals surface area contributed by atoms with Gasteiger partial charge in [0.05, 0.1) is 17.8 Å². The summed E-state index contributed by atoms with van der Waals surface area (Å²) >= 11 is 0. The first kappa shape index (κ1) is 18.6. The molecule has 6 heteroatoms. The van der Waals surface area contributed by atoms with Crippen LogP contribution in [0.3, 0.4) is 0 Å². The Labute approximate surface area is 144 Å². The Bertz CT molecular complexity index is 566. The Kier molecular flexibility index (Phi) is 5.72. The van der Waals surface area contributed by atoms with Crippen molar-refractivity contribution < 1.29 is 23.6 Å². The van der Waals surface area contributed by atoms with E-state index in [1.165, 1.54) is 0 Å². The summed E-state index contributed by atoms with van der Waals surface area (Å²) in [4.78, 5) is 11.7. The van der Waals surface area contributed by atoms with Gasteiger partial charge in [0.15, 0.2) is 0 Å². The topological polar surface area (TPSA) is 54.0 Å². The minimum atomic E-state index is -0.704. The lowest BCUT2D eigenvalue weighted by molar-refractivity contribution is 0.00578. The van der Waals surface area contributed by atoms with Crippen LogP contribution in [-0.2, 0) is 18.8 Å². The average Bonchev–Trinajstić information content (AvgIpc) is 2.72. The fourth-order valence-corrected chi connectivity index (χ4v) is 2.28. The molecule has 0 spiro atoms. The maximum atomic E-state index is 11.7. The van der Waals surface area contributed by atoms with Gasteiger partial charge in [-0.2, -0.15) is 0 Å². The Morgan fingerprint density at radius 3 is 2.29 bits per heavy atom. The fraction of sp³-hybridized carbons (Fsp3) is 0.500. The molecular weight excluding hydrogens is 307 g/mol. The molecule has 1 aliphatic rings. The molecule has 1 unspecified atom stereocenters. The lowest BCUT2D eigenvalue weighted by Gasteiger charge is -2.32. The van der Waals surface area contributed by atoms with E-state index in [1.807, 2.05) is 58.0 Å². The van der Waals surface area contributed by atoms with Crippen LogP contribution >= 0.6 is 0 Å². The second kappa shape index (κ2) is 7.41. The zero-order valence-electron chi connectivity index (χ0n) is 14.9. The van der Waals surface area contributed by atoms with Crippen molar-refractivity contribution in [2.75, 3.05) is 6.61 Å². The number of carbonyl (C=O) groups is 1. The first-order chi connectivity index (χ1) is 11.2. The maximum absolute atomic E-state index is 11.7. The van der Waals surface area contributed by atoms with Gasteiger partial charge in [0.2, 0.25) is 0 Å². The summed E-state index contributed by atoms with van der Waals surface area (Å²) in [6, 6.07) is 9.46. The van der Waals surface area contributed by atoms with Crippen molar-refractivity contribution in [1.82, 2.24) is 0 Å². The second-order valence-corrected chi connectivity index (χ2v) is 6.64. The molecule has 1 heterocycles. The van der Waals surface area contributed by atoms with Gasteiger partial charge in [-0.25, -0.2) is 4.79 Å². The van der Waals surface area contributed by atoms with E-state index in [1.54, 1.807) is 19.0 Å². The third-order valence-corrected chi connectivity index (χ3v) is 4.33. The minimum absolute atomic E-state index is 0.265. The number of hydrogen-bond acceptors (Lipinski definition) is 5. The number of hydrogen-bond donors (Lipinski definition) is 0. The predicted octanol–water partition coefficient (Wildman–Crippen LogP) is 4.09. The van der Waals surface area contributed by atoms with Crippen molar-refractivity contribution in [2.45, 2.75) is 51.9 Å². The van der Waals surface area contributed by atoms with E-state index >= 15 is 0 Å². The smallest absolute Gasteiger partial charge is 0.435 e. The maximum Gasteiger partial charge on any atom is 0.509 e. The highest BCUT2D eigenvalue weighted by Gasteiger charge is 2.50. The molecule has 130 valence electrons. The summed E-state index contributed by atoms with van der Waals surface area (Å²) in [5, 5.41) is 0. The third kappa shape index (κ3) is 4.39. The van der Waals surface area contributed by atoms with Crippen LogP contribution in [0.5, 0.6) is 0 Å². The Balaban J connectivity index is 2.12. The van der Waals surface area contributed by atoms with Crippen LogP contribution in [0.25, 0.3) is 0 Å². The van der Waals surface area contributed by atoms with Gasteiger partial charge in [0.1, 0.15) is 6.10 Å². The molecular formula is C18H25BO5. The van der Waals surface area contributed by atoms with Crippen LogP contribution in [0.2, 0.25) is 0 Å². The van der Waals surface area contributed by atoms with Crippen LogP contribution in [0, 0.1) is 0 Å². The van der Waals surface area contributed by atoms with Crippen molar-refractivity contribution in [1.29, 1.82) is 0 Å². The molecule has 24 heavy (non-hydrogen) atoms. The number of benzene rings is 1. The van der Waals surface area contributed by atoms with Crippen molar-refractivity contribution in [3.8, 4) is 0 Å². The van der Waals surface area contributed by atoms with E-state index in [2.05, 4.69) is 0 Å². The average molecular weight is 332 g/mol. The number of ether oxygens (including phenoxy) is 2. The molecule has 0 radical (unpaired) electrons. The Morgan fingerprint density at radius 1 is 1.17 bits per heavy atom. The van der Waals surface area contributed by atoms with Crippen molar-refractivity contribution in [3.05, 3.63) is 47.9 Å². The monoisotopic (exact) mass is 332 g/mol. The van der Waals surface area contributed by atoms with Crippen LogP contribution < -0.4 is 0 Å². The summed E-state index contributed by atoms with van der Waals surface area (Å²) in [5.74, 6) is 1.77. The molecule has 2 rings (SSSR count). The van der Waals surface area contributed by atoms with Crippen LogP contribution in [-0.4, -0.2) is 31.1 Å². The molecule has 0 amide bonds. The van der Waals surface area contributed by atoms with Gasteiger partial charge in [-0.15, -0.1) is 0 Å². The quantitative estimate of drug-likeness (QED) is 0.600. The van der Waals surface area contributed by atoms with Gasteiger partial charge in [0, 0.05) is 0 Å². The van der Waals surface area contributed by atoms with E-state index in [0.29, 0.717) is 0 Å². The van der Waals surface area contributed by atoms with Gasteiger partial charge in [0.25, 0.3) is 0 Å². The number of carbonyl (C=O) groups excluding carboxylic acids is 1. The first-order valence-corrected chi connectivity index (χ1v) is 8.17. The third-order valence-electron chi connectivity index (χ3n) is 4.33. The molecule has 1 aromatic rings. The highest BCUT2D eigenvalue weighted by atomic mass is 16.7. The minimum Gasteiger partial charge on any atom is -0.435 e. The lowest BCUT2D eigenvalue weighted by atomic mass is 9.88. The Hall–Kier alpha value is -1.79. The zero-order chi connectivity index (χ0) is 17.8. The molecule has 0 N–H and O–H groups in total. The SMILES string of the molecule is CCOC(=O)OC(/C=C/B1OC(C)(C)C(C)(C)O1)c1ccccc1. The first-order valence-electron chi connectivity index (χ1n) is 8.17. The molecule has 1 fully saturated rings. The van der Waals surface area contributed by atoms with Gasteiger partial charge in [-0.3, -0.25) is 0 Å². The molecule has 5 nitrogen and oxygen atoms in total. The lowest BCUT2D eigenvalue weighted by Crippen LogP contribution is -2.41. The highest BCUT2D eigenvalue weighted by Crippen LogP contribution is 2.37. The van der Waals surface area contributed by atoms with Crippen molar-refractivity contribution in [2.24, 2.45) is 0 Å². The largest absolute Gasteiger partial charge is 0.509 e. The summed E-state index contributed by atoms with van der Waals surface area (Å²) in [7, 11) is -0.494. The molecule has 1 saturated heterocycles. The van der Waals surface area contributed by atoms with Crippen molar-refractivity contribution in [3.63, 3.8) is 0 Å². The molecule has 0 aromatic heterocycles. The predicted molar refractivity (Wildman–Crippen MR) is 92.5 cm³/mol. The molecule has 1 aromatic carbocycles. The fourth-order valence-electron chi connectivity index (χ4n) is 2.28. The summed E-state index contributed by atoms with van der Waals surface area (Å²) < 4.78 is 22.1. The van der Waals surface area contributed by atoms with Crippen molar-refractivity contribution >= 4 is 13.3 Å². The number of rotatable bonds is 5. The molecule has 1 atom stereocenters. The van der Waals surface area contributed by atoms with Gasteiger partial charge in [-0.05, 0) is 46.3 Å². The van der Waals surface area contributed by atoms with Crippen LogP contribution in [0.15, 0.2) is 42.4 Å². The van der Waals surface area contributed by atoms with E-state index in [4.69, 9.17) is 18.8 Å². The van der Waals surface area contributed by atoms with Gasteiger partial charge >= 0.3 is 13.3 Å². The Morgan fingerprint density at radius 2 is 1.75 bits per heavy atom. The highest BCUT2D eigenvalue weighted by molar-refractivity contribution is 6.51. The van der Waals surface area contributed by atoms with E-state index in [-0.39, 0.29) is 6.61 Å². The van der Waals surface area contributed by atoms with Gasteiger partial charge in [-0.1, -0.05) is 36.3 Å². The van der Waals surface area contributed by atoms with Gasteiger partial charge < -0.3 is 18.8 Å². The molecule has 0 saturated carbocycles. The molecule has 0 bridgehead atoms. The summed E-state index contributed by atoms with van der Waals surface area (Å²) in [6.07, 6.45) is 0.489. The summed E-state index contributed by atoms with van der Waals surface area (Å²) in [6.45, 7) is 9.96. The van der Waals surface area contributed by atoms with E-state index in [0.717, 1.165) is 5.56 Å². The van der Waals surface area contributed by atoms with Crippen LogP contribution in [0.4, 0.5) is 4.79 Å². The van der Waals surface area contributed by atoms with E-state index < -0.39 is 30.6 Å². The molecule has 0 aliphatic carbocycles. The van der Waals surface area contributed by atoms with Crippen LogP contribution in [0.1, 0.15) is 46.3 Å². The molecule has 1 aliphatic heterocycles.